The molecule has 0 bridgehead atoms. The third kappa shape index (κ3) is 6.09. The maximum absolute atomic E-state index is 13.1. The summed E-state index contributed by atoms with van der Waals surface area (Å²) in [6, 6.07) is 15.2. The number of nitrogens with one attached hydrogen (secondary N) is 1. The highest BCUT2D eigenvalue weighted by molar-refractivity contribution is 5.88. The molecule has 2 aromatic carbocycles. The highest BCUT2D eigenvalue weighted by atomic mass is 16.5. The van der Waals surface area contributed by atoms with Gasteiger partial charge in [0, 0.05) is 13.6 Å². The number of nitrogens with zero attached hydrogens (tertiary/aromatic N) is 1. The van der Waals surface area contributed by atoms with E-state index in [0.29, 0.717) is 18.7 Å². The van der Waals surface area contributed by atoms with Crippen LogP contribution in [0.5, 0.6) is 5.75 Å². The van der Waals surface area contributed by atoms with Gasteiger partial charge >= 0.3 is 0 Å². The molecule has 1 N–H and O–H groups in total. The van der Waals surface area contributed by atoms with Gasteiger partial charge in [-0.15, -0.1) is 0 Å². The van der Waals surface area contributed by atoms with E-state index in [1.165, 1.54) is 5.56 Å². The van der Waals surface area contributed by atoms with Crippen molar-refractivity contribution < 1.29 is 14.3 Å². The zero-order valence-corrected chi connectivity index (χ0v) is 19.0. The lowest BCUT2D eigenvalue weighted by molar-refractivity contribution is -0.142. The lowest BCUT2D eigenvalue weighted by Gasteiger charge is -2.30. The van der Waals surface area contributed by atoms with Crippen molar-refractivity contribution in [2.75, 3.05) is 13.7 Å². The molecule has 0 saturated carbocycles. The van der Waals surface area contributed by atoms with Crippen molar-refractivity contribution in [2.24, 2.45) is 0 Å². The predicted octanol–water partition coefficient (Wildman–Crippen LogP) is 4.22. The summed E-state index contributed by atoms with van der Waals surface area (Å²) in [5.74, 6) is 0.253. The highest BCUT2D eigenvalue weighted by Gasteiger charge is 2.28. The Morgan fingerprint density at radius 1 is 1.07 bits per heavy atom. The van der Waals surface area contributed by atoms with Crippen LogP contribution in [0, 0.1) is 6.92 Å². The van der Waals surface area contributed by atoms with E-state index in [-0.39, 0.29) is 23.8 Å². The second-order valence-corrected chi connectivity index (χ2v) is 8.55. The number of likely N-dealkylation sites (N-methyl/N-ethyl adjacent to an activating group) is 1. The van der Waals surface area contributed by atoms with Crippen LogP contribution in [-0.4, -0.2) is 36.4 Å². The molecule has 5 heteroatoms. The molecule has 2 aromatic rings. The van der Waals surface area contributed by atoms with Crippen molar-refractivity contribution in [1.82, 2.24) is 10.2 Å². The van der Waals surface area contributed by atoms with E-state index >= 15 is 0 Å². The van der Waals surface area contributed by atoms with Crippen LogP contribution in [0.1, 0.15) is 50.8 Å². The second-order valence-electron chi connectivity index (χ2n) is 8.55. The third-order valence-electron chi connectivity index (χ3n) is 5.32. The molecule has 0 heterocycles. The SMILES string of the molecule is CC[C@H](C(=O)NC)N(Cc1ccccc1C)C(=O)COc1ccc(C(C)(C)C)cc1. The number of carbonyl (C=O) groups is 2. The lowest BCUT2D eigenvalue weighted by Crippen LogP contribution is -2.49. The van der Waals surface area contributed by atoms with Crippen LogP contribution in [-0.2, 0) is 21.5 Å². The molecule has 0 aliphatic rings. The van der Waals surface area contributed by atoms with E-state index in [2.05, 4.69) is 26.1 Å². The Labute approximate surface area is 180 Å². The van der Waals surface area contributed by atoms with Gasteiger partial charge in [0.25, 0.3) is 5.91 Å². The normalized spacial score (nSPS) is 12.2. The topological polar surface area (TPSA) is 58.6 Å². The third-order valence-corrected chi connectivity index (χ3v) is 5.32. The molecule has 0 aliphatic carbocycles. The van der Waals surface area contributed by atoms with Gasteiger partial charge < -0.3 is 15.0 Å². The molecule has 30 heavy (non-hydrogen) atoms. The van der Waals surface area contributed by atoms with E-state index in [1.807, 2.05) is 62.4 Å². The van der Waals surface area contributed by atoms with Crippen molar-refractivity contribution >= 4 is 11.8 Å². The predicted molar refractivity (Wildman–Crippen MR) is 121 cm³/mol. The second kappa shape index (κ2) is 10.3. The number of ether oxygens (including phenoxy) is 1. The summed E-state index contributed by atoms with van der Waals surface area (Å²) in [6.45, 7) is 10.6. The van der Waals surface area contributed by atoms with E-state index < -0.39 is 6.04 Å². The van der Waals surface area contributed by atoms with Gasteiger partial charge in [0.2, 0.25) is 5.91 Å². The summed E-state index contributed by atoms with van der Waals surface area (Å²) < 4.78 is 5.77. The van der Waals surface area contributed by atoms with Crippen LogP contribution in [0.4, 0.5) is 0 Å². The average molecular weight is 411 g/mol. The van der Waals surface area contributed by atoms with E-state index in [0.717, 1.165) is 11.1 Å². The maximum Gasteiger partial charge on any atom is 0.261 e. The molecule has 2 rings (SSSR count). The van der Waals surface area contributed by atoms with E-state index in [1.54, 1.807) is 11.9 Å². The average Bonchev–Trinajstić information content (AvgIpc) is 2.72. The van der Waals surface area contributed by atoms with Crippen LogP contribution in [0.25, 0.3) is 0 Å². The standard InChI is InChI=1S/C25H34N2O3/c1-7-22(24(29)26-6)27(16-19-11-9-8-10-18(19)2)23(28)17-30-21-14-12-20(13-15-21)25(3,4)5/h8-15,22H,7,16-17H2,1-6H3,(H,26,29)/t22-/m1/s1. The molecule has 0 fully saturated rings. The molecule has 0 radical (unpaired) electrons. The summed E-state index contributed by atoms with van der Waals surface area (Å²) in [5.41, 5.74) is 3.36. The van der Waals surface area contributed by atoms with Crippen molar-refractivity contribution in [2.45, 2.75) is 59.0 Å². The minimum absolute atomic E-state index is 0.0561. The first kappa shape index (κ1) is 23.5. The summed E-state index contributed by atoms with van der Waals surface area (Å²) >= 11 is 0. The van der Waals surface area contributed by atoms with Crippen molar-refractivity contribution in [3.05, 3.63) is 65.2 Å². The van der Waals surface area contributed by atoms with E-state index in [9.17, 15) is 9.59 Å². The van der Waals surface area contributed by atoms with Crippen LogP contribution in [0.3, 0.4) is 0 Å². The summed E-state index contributed by atoms with van der Waals surface area (Å²) in [6.07, 6.45) is 0.525. The number of hydrogen-bond acceptors (Lipinski definition) is 3. The molecule has 5 nitrogen and oxygen atoms in total. The number of carbonyl (C=O) groups excluding carboxylic acids is 2. The molecular formula is C25H34N2O3. The fraction of sp³-hybridized carbons (Fsp3) is 0.440. The van der Waals surface area contributed by atoms with Gasteiger partial charge in [-0.25, -0.2) is 0 Å². The Morgan fingerprint density at radius 3 is 2.23 bits per heavy atom. The van der Waals surface area contributed by atoms with Gasteiger partial charge in [-0.2, -0.15) is 0 Å². The molecule has 0 aromatic heterocycles. The van der Waals surface area contributed by atoms with Crippen LogP contribution in [0.15, 0.2) is 48.5 Å². The minimum atomic E-state index is -0.547. The first-order valence-electron chi connectivity index (χ1n) is 10.5. The van der Waals surface area contributed by atoms with Gasteiger partial charge in [0.1, 0.15) is 11.8 Å². The van der Waals surface area contributed by atoms with Gasteiger partial charge in [-0.3, -0.25) is 9.59 Å². The Bertz CT molecular complexity index is 853. The summed E-state index contributed by atoms with van der Waals surface area (Å²) in [7, 11) is 1.59. The monoisotopic (exact) mass is 410 g/mol. The van der Waals surface area contributed by atoms with Gasteiger partial charge in [0.05, 0.1) is 0 Å². The smallest absolute Gasteiger partial charge is 0.261 e. The fourth-order valence-corrected chi connectivity index (χ4v) is 3.34. The van der Waals surface area contributed by atoms with Gasteiger partial charge in [-0.05, 0) is 47.6 Å². The van der Waals surface area contributed by atoms with Gasteiger partial charge in [-0.1, -0.05) is 64.1 Å². The zero-order chi connectivity index (χ0) is 22.3. The lowest BCUT2D eigenvalue weighted by atomic mass is 9.87. The highest BCUT2D eigenvalue weighted by Crippen LogP contribution is 2.24. The molecule has 2 amide bonds. The molecule has 0 unspecified atom stereocenters. The Morgan fingerprint density at radius 2 is 1.70 bits per heavy atom. The minimum Gasteiger partial charge on any atom is -0.484 e. The zero-order valence-electron chi connectivity index (χ0n) is 19.0. The first-order chi connectivity index (χ1) is 14.2. The number of aryl methyl sites for hydroxylation is 1. The molecule has 0 saturated heterocycles. The number of benzene rings is 2. The Balaban J connectivity index is 2.17. The molecule has 0 spiro atoms. The van der Waals surface area contributed by atoms with Crippen molar-refractivity contribution in [1.29, 1.82) is 0 Å². The fourth-order valence-electron chi connectivity index (χ4n) is 3.34. The Kier molecular flexibility index (Phi) is 8.04. The molecule has 1 atom stereocenters. The van der Waals surface area contributed by atoms with Crippen molar-refractivity contribution in [3.63, 3.8) is 0 Å². The van der Waals surface area contributed by atoms with Crippen LogP contribution < -0.4 is 10.1 Å². The number of rotatable bonds is 8. The number of amides is 2. The van der Waals surface area contributed by atoms with Crippen molar-refractivity contribution in [3.8, 4) is 5.75 Å². The summed E-state index contributed by atoms with van der Waals surface area (Å²) in [5, 5.41) is 2.67. The largest absolute Gasteiger partial charge is 0.484 e. The Hall–Kier alpha value is -2.82. The quantitative estimate of drug-likeness (QED) is 0.709. The molecule has 162 valence electrons. The van der Waals surface area contributed by atoms with Crippen LogP contribution in [0.2, 0.25) is 0 Å². The first-order valence-corrected chi connectivity index (χ1v) is 10.5. The van der Waals surface area contributed by atoms with E-state index in [4.69, 9.17) is 4.74 Å². The molecule has 0 aliphatic heterocycles. The van der Waals surface area contributed by atoms with Crippen LogP contribution >= 0.6 is 0 Å². The number of hydrogen-bond donors (Lipinski definition) is 1. The molecular weight excluding hydrogens is 376 g/mol. The maximum atomic E-state index is 13.1. The van der Waals surface area contributed by atoms with Gasteiger partial charge in [0.15, 0.2) is 6.61 Å². The summed E-state index contributed by atoms with van der Waals surface area (Å²) in [4.78, 5) is 27.1.